The number of aliphatic hydroxyl groups is 2. The van der Waals surface area contributed by atoms with Crippen LogP contribution in [0.25, 0.3) is 5.65 Å². The van der Waals surface area contributed by atoms with Crippen molar-refractivity contribution in [3.05, 3.63) is 23.3 Å². The van der Waals surface area contributed by atoms with E-state index in [0.717, 1.165) is 86.9 Å². The van der Waals surface area contributed by atoms with Crippen molar-refractivity contribution in [2.45, 2.75) is 114 Å². The predicted molar refractivity (Wildman–Crippen MR) is 124 cm³/mol. The van der Waals surface area contributed by atoms with Crippen molar-refractivity contribution in [3.8, 4) is 5.88 Å². The molecule has 2 heterocycles. The van der Waals surface area contributed by atoms with E-state index in [1.54, 1.807) is 0 Å². The van der Waals surface area contributed by atoms with E-state index in [-0.39, 0.29) is 18.1 Å². The Morgan fingerprint density at radius 2 is 1.31 bits per heavy atom. The van der Waals surface area contributed by atoms with Gasteiger partial charge >= 0.3 is 0 Å². The molecule has 6 heteroatoms. The van der Waals surface area contributed by atoms with Gasteiger partial charge in [0.15, 0.2) is 5.65 Å². The number of aromatic hydroxyl groups is 1. The molecule has 2 aromatic heterocycles. The Kier molecular flexibility index (Phi) is 6.70. The standard InChI is InChI=1S/C26H39N3O3/c30-20-10-6-18(7-11-20)15-23-26(32)29-16-24(19-8-12-21(31)13-9-19)27-22(25(29)28-23)14-17-4-2-1-3-5-17/h16-21,30-32H,1-15H2. The molecule has 32 heavy (non-hydrogen) atoms. The summed E-state index contributed by atoms with van der Waals surface area (Å²) in [7, 11) is 0. The monoisotopic (exact) mass is 441 g/mol. The molecule has 3 aliphatic rings. The van der Waals surface area contributed by atoms with Gasteiger partial charge in [-0.25, -0.2) is 4.98 Å². The molecule has 0 unspecified atom stereocenters. The molecule has 3 saturated carbocycles. The number of fused-ring (bicyclic) bond motifs is 1. The molecule has 0 saturated heterocycles. The fourth-order valence-corrected chi connectivity index (χ4v) is 6.29. The first kappa shape index (κ1) is 22.1. The Morgan fingerprint density at radius 1 is 0.719 bits per heavy atom. The third-order valence-corrected chi connectivity index (χ3v) is 8.36. The molecule has 0 amide bonds. The number of aromatic nitrogens is 3. The van der Waals surface area contributed by atoms with Crippen molar-refractivity contribution >= 4 is 5.65 Å². The maximum absolute atomic E-state index is 11.2. The van der Waals surface area contributed by atoms with Crippen LogP contribution in [0.4, 0.5) is 0 Å². The summed E-state index contributed by atoms with van der Waals surface area (Å²) < 4.78 is 1.90. The Bertz CT molecular complexity index is 905. The SMILES string of the molecule is Oc1c(CC2CCC(O)CC2)nc2c(CC3CCCCC3)nc(C3CCC(O)CC3)cn12. The molecule has 6 nitrogen and oxygen atoms in total. The molecule has 3 N–H and O–H groups in total. The average Bonchev–Trinajstić information content (AvgIpc) is 3.12. The van der Waals surface area contributed by atoms with Crippen molar-refractivity contribution in [2.24, 2.45) is 11.8 Å². The van der Waals surface area contributed by atoms with Gasteiger partial charge in [-0.05, 0) is 76.0 Å². The van der Waals surface area contributed by atoms with Crippen molar-refractivity contribution in [1.29, 1.82) is 0 Å². The van der Waals surface area contributed by atoms with Crippen LogP contribution in [0.2, 0.25) is 0 Å². The summed E-state index contributed by atoms with van der Waals surface area (Å²) >= 11 is 0. The van der Waals surface area contributed by atoms with E-state index in [2.05, 4.69) is 0 Å². The summed E-state index contributed by atoms with van der Waals surface area (Å²) in [5.41, 5.74) is 3.71. The first-order valence-corrected chi connectivity index (χ1v) is 13.0. The summed E-state index contributed by atoms with van der Waals surface area (Å²) in [6, 6.07) is 0. The van der Waals surface area contributed by atoms with Crippen LogP contribution < -0.4 is 0 Å². The molecule has 0 radical (unpaired) electrons. The summed E-state index contributed by atoms with van der Waals surface area (Å²) in [6.45, 7) is 0. The van der Waals surface area contributed by atoms with Crippen LogP contribution in [0.3, 0.4) is 0 Å². The molecule has 3 fully saturated rings. The van der Waals surface area contributed by atoms with Crippen LogP contribution in [0.15, 0.2) is 6.20 Å². The van der Waals surface area contributed by atoms with Crippen molar-refractivity contribution in [3.63, 3.8) is 0 Å². The Labute approximate surface area is 191 Å². The smallest absolute Gasteiger partial charge is 0.219 e. The zero-order chi connectivity index (χ0) is 22.1. The molecule has 0 aliphatic heterocycles. The van der Waals surface area contributed by atoms with Crippen LogP contribution in [-0.2, 0) is 12.8 Å². The normalized spacial score (nSPS) is 30.1. The molecule has 3 aliphatic carbocycles. The lowest BCUT2D eigenvalue weighted by Crippen LogP contribution is -2.19. The number of imidazole rings is 1. The van der Waals surface area contributed by atoms with E-state index in [0.29, 0.717) is 17.8 Å². The minimum atomic E-state index is -0.182. The summed E-state index contributed by atoms with van der Waals surface area (Å²) in [5, 5.41) is 30.9. The number of hydrogen-bond acceptors (Lipinski definition) is 5. The topological polar surface area (TPSA) is 90.9 Å². The van der Waals surface area contributed by atoms with Gasteiger partial charge in [0.05, 0.1) is 23.6 Å². The lowest BCUT2D eigenvalue weighted by atomic mass is 9.84. The van der Waals surface area contributed by atoms with Crippen LogP contribution in [0, 0.1) is 11.8 Å². The molecule has 0 bridgehead atoms. The van der Waals surface area contributed by atoms with Gasteiger partial charge in [0.2, 0.25) is 5.88 Å². The molecule has 2 aromatic rings. The Hall–Kier alpha value is -1.66. The third-order valence-electron chi connectivity index (χ3n) is 8.36. The molecule has 176 valence electrons. The highest BCUT2D eigenvalue weighted by Gasteiger charge is 2.27. The molecular formula is C26H39N3O3. The van der Waals surface area contributed by atoms with Crippen LogP contribution in [0.5, 0.6) is 5.88 Å². The minimum Gasteiger partial charge on any atom is -0.493 e. The molecule has 0 spiro atoms. The maximum Gasteiger partial charge on any atom is 0.219 e. The van der Waals surface area contributed by atoms with Gasteiger partial charge < -0.3 is 15.3 Å². The van der Waals surface area contributed by atoms with Crippen LogP contribution >= 0.6 is 0 Å². The zero-order valence-corrected chi connectivity index (χ0v) is 19.3. The molecule has 0 atom stereocenters. The summed E-state index contributed by atoms with van der Waals surface area (Å²) in [6.07, 6.45) is 17.1. The fraction of sp³-hybridized carbons (Fsp3) is 0.769. The molecular weight excluding hydrogens is 402 g/mol. The van der Waals surface area contributed by atoms with Crippen molar-refractivity contribution < 1.29 is 15.3 Å². The first-order valence-electron chi connectivity index (χ1n) is 13.0. The molecule has 0 aromatic carbocycles. The average molecular weight is 442 g/mol. The number of aliphatic hydroxyl groups excluding tert-OH is 2. The number of rotatable bonds is 5. The minimum absolute atomic E-state index is 0.163. The fourth-order valence-electron chi connectivity index (χ4n) is 6.29. The van der Waals surface area contributed by atoms with Gasteiger partial charge in [0.1, 0.15) is 5.69 Å². The van der Waals surface area contributed by atoms with Crippen LogP contribution in [-0.4, -0.2) is 41.9 Å². The lowest BCUT2D eigenvalue weighted by Gasteiger charge is -2.26. The highest BCUT2D eigenvalue weighted by Crippen LogP contribution is 2.36. The largest absolute Gasteiger partial charge is 0.493 e. The van der Waals surface area contributed by atoms with Crippen molar-refractivity contribution in [2.75, 3.05) is 0 Å². The van der Waals surface area contributed by atoms with Gasteiger partial charge in [-0.1, -0.05) is 32.1 Å². The summed E-state index contributed by atoms with van der Waals surface area (Å²) in [5.74, 6) is 1.75. The van der Waals surface area contributed by atoms with Crippen molar-refractivity contribution in [1.82, 2.24) is 14.4 Å². The Morgan fingerprint density at radius 3 is 2.00 bits per heavy atom. The lowest BCUT2D eigenvalue weighted by molar-refractivity contribution is 0.108. The van der Waals surface area contributed by atoms with E-state index in [1.165, 1.54) is 32.1 Å². The van der Waals surface area contributed by atoms with E-state index in [9.17, 15) is 15.3 Å². The summed E-state index contributed by atoms with van der Waals surface area (Å²) in [4.78, 5) is 10.1. The highest BCUT2D eigenvalue weighted by atomic mass is 16.3. The van der Waals surface area contributed by atoms with E-state index >= 15 is 0 Å². The number of nitrogens with zero attached hydrogens (tertiary/aromatic N) is 3. The van der Waals surface area contributed by atoms with Gasteiger partial charge in [-0.2, -0.15) is 0 Å². The second-order valence-corrected chi connectivity index (χ2v) is 10.8. The third kappa shape index (κ3) is 4.81. The second-order valence-electron chi connectivity index (χ2n) is 10.8. The highest BCUT2D eigenvalue weighted by molar-refractivity contribution is 5.51. The van der Waals surface area contributed by atoms with Crippen LogP contribution in [0.1, 0.15) is 106 Å². The first-order chi connectivity index (χ1) is 15.6. The van der Waals surface area contributed by atoms with E-state index in [4.69, 9.17) is 9.97 Å². The van der Waals surface area contributed by atoms with Gasteiger partial charge in [-0.3, -0.25) is 9.38 Å². The van der Waals surface area contributed by atoms with E-state index < -0.39 is 0 Å². The van der Waals surface area contributed by atoms with E-state index in [1.807, 2.05) is 10.6 Å². The zero-order valence-electron chi connectivity index (χ0n) is 19.3. The van der Waals surface area contributed by atoms with Gasteiger partial charge in [0, 0.05) is 12.1 Å². The molecule has 5 rings (SSSR count). The van der Waals surface area contributed by atoms with Gasteiger partial charge in [-0.15, -0.1) is 0 Å². The number of hydrogen-bond donors (Lipinski definition) is 3. The predicted octanol–water partition coefficient (Wildman–Crippen LogP) is 4.67. The second kappa shape index (κ2) is 9.68. The Balaban J connectivity index is 1.46. The van der Waals surface area contributed by atoms with Gasteiger partial charge in [0.25, 0.3) is 0 Å². The quantitative estimate of drug-likeness (QED) is 0.627. The maximum atomic E-state index is 11.2.